The van der Waals surface area contributed by atoms with E-state index < -0.39 is 0 Å². The van der Waals surface area contributed by atoms with Crippen LogP contribution in [0.1, 0.15) is 27.7 Å². The molecule has 0 spiro atoms. The average molecular weight is 228 g/mol. The fourth-order valence-corrected chi connectivity index (χ4v) is 1.37. The lowest BCUT2D eigenvalue weighted by molar-refractivity contribution is 0.00578. The molecule has 1 N–H and O–H groups in total. The molecule has 0 atom stereocenters. The maximum atomic E-state index is 5.83. The lowest BCUT2D eigenvalue weighted by Gasteiger charge is -2.32. The predicted molar refractivity (Wildman–Crippen MR) is 64.7 cm³/mol. The summed E-state index contributed by atoms with van der Waals surface area (Å²) >= 11 is 0. The number of aromatic amines is 1. The van der Waals surface area contributed by atoms with Gasteiger partial charge < -0.3 is 9.31 Å². The Morgan fingerprint density at radius 2 is 1.73 bits per heavy atom. The van der Waals surface area contributed by atoms with Gasteiger partial charge >= 0.3 is 7.12 Å². The normalized spacial score (nSPS) is 22.5. The number of H-pyrrole nitrogens is 1. The lowest BCUT2D eigenvalue weighted by atomic mass is 9.82. The van der Waals surface area contributed by atoms with Crippen LogP contribution >= 0.6 is 13.5 Å². The molecule has 0 saturated carbocycles. The fourth-order valence-electron chi connectivity index (χ4n) is 1.37. The minimum Gasteiger partial charge on any atom is -0.399 e. The molecule has 2 heterocycles. The van der Waals surface area contributed by atoms with Gasteiger partial charge in [-0.15, -0.1) is 0 Å². The smallest absolute Gasteiger partial charge is 0.399 e. The summed E-state index contributed by atoms with van der Waals surface area (Å²) in [6.07, 6.45) is 3.52. The summed E-state index contributed by atoms with van der Waals surface area (Å²) in [6, 6.07) is 0. The van der Waals surface area contributed by atoms with Gasteiger partial charge in [-0.25, -0.2) is 0 Å². The Labute approximate surface area is 97.3 Å². The number of nitrogens with zero attached hydrogens (tertiary/aromatic N) is 1. The number of aromatic nitrogens is 2. The van der Waals surface area contributed by atoms with E-state index in [2.05, 4.69) is 10.2 Å². The molecule has 1 aliphatic heterocycles. The van der Waals surface area contributed by atoms with Crippen LogP contribution in [0.15, 0.2) is 12.4 Å². The van der Waals surface area contributed by atoms with E-state index in [0.29, 0.717) is 0 Å². The molecule has 0 amide bonds. The molecule has 0 unspecified atom stereocenters. The molecule has 15 heavy (non-hydrogen) atoms. The predicted octanol–water partition coefficient (Wildman–Crippen LogP) is 0.822. The van der Waals surface area contributed by atoms with Crippen LogP contribution in [0.5, 0.6) is 0 Å². The average Bonchev–Trinajstić information content (AvgIpc) is 2.58. The molecule has 1 saturated heterocycles. The van der Waals surface area contributed by atoms with Gasteiger partial charge in [-0.2, -0.15) is 18.6 Å². The Balaban J connectivity index is 0.00000112. The topological polar surface area (TPSA) is 47.1 Å². The second kappa shape index (κ2) is 3.85. The third-order valence-electron chi connectivity index (χ3n) is 3.04. The second-order valence-corrected chi connectivity index (χ2v) is 4.62. The van der Waals surface area contributed by atoms with Gasteiger partial charge in [0, 0.05) is 17.9 Å². The summed E-state index contributed by atoms with van der Waals surface area (Å²) in [5.74, 6) is 0. The molecule has 1 aromatic rings. The Kier molecular flexibility index (Phi) is 3.23. The lowest BCUT2D eigenvalue weighted by Crippen LogP contribution is -2.41. The third kappa shape index (κ3) is 2.07. The van der Waals surface area contributed by atoms with Gasteiger partial charge in [0.15, 0.2) is 0 Å². The van der Waals surface area contributed by atoms with Crippen LogP contribution in [0.25, 0.3) is 0 Å². The molecular formula is C9H17BN2O2S. The number of nitrogens with one attached hydrogen (secondary N) is 1. The highest BCUT2D eigenvalue weighted by Gasteiger charge is 2.51. The molecule has 1 fully saturated rings. The van der Waals surface area contributed by atoms with E-state index in [-0.39, 0.29) is 31.8 Å². The van der Waals surface area contributed by atoms with Crippen molar-refractivity contribution < 1.29 is 9.31 Å². The summed E-state index contributed by atoms with van der Waals surface area (Å²) < 4.78 is 11.7. The second-order valence-electron chi connectivity index (χ2n) is 4.62. The Hall–Kier alpha value is -0.455. The molecule has 1 aliphatic rings. The highest BCUT2D eigenvalue weighted by Crippen LogP contribution is 2.36. The zero-order chi connectivity index (χ0) is 10.4. The molecule has 0 aromatic carbocycles. The van der Waals surface area contributed by atoms with E-state index in [1.54, 1.807) is 12.4 Å². The summed E-state index contributed by atoms with van der Waals surface area (Å²) in [7, 11) is -0.307. The van der Waals surface area contributed by atoms with E-state index in [4.69, 9.17) is 9.31 Å². The first-order valence-corrected chi connectivity index (χ1v) is 4.77. The summed E-state index contributed by atoms with van der Waals surface area (Å²) in [4.78, 5) is 0. The summed E-state index contributed by atoms with van der Waals surface area (Å²) in [5, 5.41) is 6.63. The van der Waals surface area contributed by atoms with E-state index in [0.717, 1.165) is 5.46 Å². The Morgan fingerprint density at radius 1 is 1.20 bits per heavy atom. The first-order valence-electron chi connectivity index (χ1n) is 4.77. The van der Waals surface area contributed by atoms with Crippen molar-refractivity contribution in [1.82, 2.24) is 10.2 Å². The van der Waals surface area contributed by atoms with Crippen LogP contribution in [0.2, 0.25) is 0 Å². The van der Waals surface area contributed by atoms with Crippen LogP contribution in [0.3, 0.4) is 0 Å². The minimum absolute atomic E-state index is 0. The maximum absolute atomic E-state index is 5.83. The van der Waals surface area contributed by atoms with Crippen molar-refractivity contribution in [2.45, 2.75) is 38.9 Å². The number of hydrogen-bond donors (Lipinski definition) is 1. The highest BCUT2D eigenvalue weighted by molar-refractivity contribution is 7.59. The molecule has 6 heteroatoms. The van der Waals surface area contributed by atoms with Crippen molar-refractivity contribution in [3.63, 3.8) is 0 Å². The monoisotopic (exact) mass is 228 g/mol. The van der Waals surface area contributed by atoms with Crippen molar-refractivity contribution in [3.8, 4) is 0 Å². The van der Waals surface area contributed by atoms with Crippen molar-refractivity contribution in [1.29, 1.82) is 0 Å². The van der Waals surface area contributed by atoms with E-state index in [1.165, 1.54) is 0 Å². The van der Waals surface area contributed by atoms with E-state index >= 15 is 0 Å². The molecule has 0 bridgehead atoms. The van der Waals surface area contributed by atoms with E-state index in [1.807, 2.05) is 27.7 Å². The molecule has 0 aliphatic carbocycles. The van der Waals surface area contributed by atoms with Gasteiger partial charge in [0.1, 0.15) is 0 Å². The zero-order valence-electron chi connectivity index (χ0n) is 9.50. The van der Waals surface area contributed by atoms with Crippen LogP contribution in [0, 0.1) is 0 Å². The van der Waals surface area contributed by atoms with Crippen LogP contribution in [-0.2, 0) is 9.31 Å². The first-order chi connectivity index (χ1) is 6.42. The molecule has 1 aromatic heterocycles. The first kappa shape index (κ1) is 12.6. The van der Waals surface area contributed by atoms with Gasteiger partial charge in [0.05, 0.1) is 11.2 Å². The van der Waals surface area contributed by atoms with Crippen LogP contribution in [-0.4, -0.2) is 28.5 Å². The molecule has 84 valence electrons. The highest BCUT2D eigenvalue weighted by atomic mass is 32.1. The molecule has 0 radical (unpaired) electrons. The van der Waals surface area contributed by atoms with Crippen molar-refractivity contribution in [2.75, 3.05) is 0 Å². The summed E-state index contributed by atoms with van der Waals surface area (Å²) in [5.41, 5.74) is 0.368. The van der Waals surface area contributed by atoms with Gasteiger partial charge in [-0.3, -0.25) is 5.10 Å². The summed E-state index contributed by atoms with van der Waals surface area (Å²) in [6.45, 7) is 8.14. The standard InChI is InChI=1S/C9H15BN2O2.H2S/c1-8(2)9(3,4)14-10(13-8)7-5-11-12-6-7;/h5-6H,1-4H3,(H,11,12);1H2. The zero-order valence-corrected chi connectivity index (χ0v) is 10.5. The maximum Gasteiger partial charge on any atom is 0.498 e. The molecule has 2 rings (SSSR count). The van der Waals surface area contributed by atoms with Gasteiger partial charge in [0.2, 0.25) is 0 Å². The fraction of sp³-hybridized carbons (Fsp3) is 0.667. The largest absolute Gasteiger partial charge is 0.498 e. The number of hydrogen-bond acceptors (Lipinski definition) is 3. The van der Waals surface area contributed by atoms with Crippen LogP contribution in [0.4, 0.5) is 0 Å². The quantitative estimate of drug-likeness (QED) is 0.724. The minimum atomic E-state index is -0.307. The third-order valence-corrected chi connectivity index (χ3v) is 3.04. The Bertz CT molecular complexity index is 311. The SMILES string of the molecule is CC1(C)OB(c2cn[nH]c2)OC1(C)C.S. The van der Waals surface area contributed by atoms with Crippen LogP contribution < -0.4 is 5.46 Å². The van der Waals surface area contributed by atoms with Crippen molar-refractivity contribution in [3.05, 3.63) is 12.4 Å². The number of rotatable bonds is 1. The van der Waals surface area contributed by atoms with Gasteiger partial charge in [-0.1, -0.05) is 0 Å². The Morgan fingerprint density at radius 3 is 2.13 bits per heavy atom. The molecular weight excluding hydrogens is 211 g/mol. The van der Waals surface area contributed by atoms with Crippen molar-refractivity contribution in [2.24, 2.45) is 0 Å². The van der Waals surface area contributed by atoms with Gasteiger partial charge in [-0.05, 0) is 27.7 Å². The van der Waals surface area contributed by atoms with Gasteiger partial charge in [0.25, 0.3) is 0 Å². The van der Waals surface area contributed by atoms with E-state index in [9.17, 15) is 0 Å². The van der Waals surface area contributed by atoms with Crippen molar-refractivity contribution >= 4 is 26.1 Å². The molecule has 4 nitrogen and oxygen atoms in total.